The van der Waals surface area contributed by atoms with E-state index >= 15 is 0 Å². The normalized spacial score (nSPS) is 14.2. The van der Waals surface area contributed by atoms with Gasteiger partial charge >= 0.3 is 0 Å². The van der Waals surface area contributed by atoms with E-state index in [1.54, 1.807) is 29.2 Å². The van der Waals surface area contributed by atoms with Gasteiger partial charge in [-0.1, -0.05) is 18.2 Å². The topological polar surface area (TPSA) is 80.6 Å². The van der Waals surface area contributed by atoms with E-state index in [0.29, 0.717) is 55.1 Å². The molecule has 1 aliphatic heterocycles. The minimum Gasteiger partial charge on any atom is -0.493 e. The molecule has 1 aromatic carbocycles. The molecule has 0 N–H and O–H groups in total. The first kappa shape index (κ1) is 19.8. The van der Waals surface area contributed by atoms with Crippen LogP contribution in [0.4, 0.5) is 10.2 Å². The smallest absolute Gasteiger partial charge is 0.275 e. The first-order valence-electron chi connectivity index (χ1n) is 9.77. The first-order valence-corrected chi connectivity index (χ1v) is 9.77. The Morgan fingerprint density at radius 1 is 1.17 bits per heavy atom. The van der Waals surface area contributed by atoms with Crippen molar-refractivity contribution in [2.75, 3.05) is 38.2 Å². The van der Waals surface area contributed by atoms with Crippen LogP contribution in [0.3, 0.4) is 0 Å². The Hall–Kier alpha value is -3.49. The molecule has 0 spiro atoms. The van der Waals surface area contributed by atoms with Crippen molar-refractivity contribution in [3.05, 3.63) is 58.4 Å². The lowest BCUT2D eigenvalue weighted by atomic mass is 10.1. The third-order valence-corrected chi connectivity index (χ3v) is 5.26. The summed E-state index contributed by atoms with van der Waals surface area (Å²) < 4.78 is 20.0. The van der Waals surface area contributed by atoms with Gasteiger partial charge in [-0.05, 0) is 13.0 Å². The molecule has 2 aromatic heterocycles. The molecule has 3 heterocycles. The molecule has 0 radical (unpaired) electrons. The van der Waals surface area contributed by atoms with Crippen molar-refractivity contribution in [2.24, 2.45) is 0 Å². The van der Waals surface area contributed by atoms with Gasteiger partial charge in [0.1, 0.15) is 5.82 Å². The van der Waals surface area contributed by atoms with E-state index in [1.807, 2.05) is 11.8 Å². The molecule has 0 saturated carbocycles. The van der Waals surface area contributed by atoms with Crippen molar-refractivity contribution >= 4 is 22.5 Å². The van der Waals surface area contributed by atoms with Crippen LogP contribution in [0.1, 0.15) is 17.4 Å². The number of hydrogen-bond donors (Lipinski definition) is 0. The summed E-state index contributed by atoms with van der Waals surface area (Å²) in [5, 5.41) is 5.37. The number of hydrogen-bond acceptors (Lipinski definition) is 6. The Morgan fingerprint density at radius 2 is 1.87 bits per heavy atom. The van der Waals surface area contributed by atoms with Crippen molar-refractivity contribution in [1.29, 1.82) is 0 Å². The van der Waals surface area contributed by atoms with E-state index in [9.17, 15) is 14.0 Å². The second kappa shape index (κ2) is 8.10. The number of fused-ring (bicyclic) bond motifs is 1. The van der Waals surface area contributed by atoms with E-state index in [2.05, 4.69) is 10.1 Å². The van der Waals surface area contributed by atoms with Crippen molar-refractivity contribution in [2.45, 2.75) is 13.5 Å². The quantitative estimate of drug-likeness (QED) is 0.653. The number of rotatable bonds is 4. The first-order chi connectivity index (χ1) is 14.5. The lowest BCUT2D eigenvalue weighted by molar-refractivity contribution is 0.0740. The lowest BCUT2D eigenvalue weighted by Gasteiger charge is -2.35. The average molecular weight is 411 g/mol. The van der Waals surface area contributed by atoms with Gasteiger partial charge < -0.3 is 14.5 Å². The van der Waals surface area contributed by atoms with Gasteiger partial charge in [-0.15, -0.1) is 0 Å². The summed E-state index contributed by atoms with van der Waals surface area (Å²) in [6.07, 6.45) is 1.15. The van der Waals surface area contributed by atoms with E-state index in [1.165, 1.54) is 17.9 Å². The second-order valence-corrected chi connectivity index (χ2v) is 6.97. The molecular formula is C21H22FN5O3. The molecular weight excluding hydrogens is 389 g/mol. The summed E-state index contributed by atoms with van der Waals surface area (Å²) in [5.74, 6) is 0.229. The van der Waals surface area contributed by atoms with E-state index in [0.717, 1.165) is 6.20 Å². The van der Waals surface area contributed by atoms with Crippen LogP contribution in [0, 0.1) is 5.82 Å². The van der Waals surface area contributed by atoms with Gasteiger partial charge in [-0.25, -0.2) is 14.1 Å². The number of nitrogens with zero attached hydrogens (tertiary/aromatic N) is 5. The van der Waals surface area contributed by atoms with Crippen LogP contribution in [0.25, 0.3) is 10.8 Å². The number of halogens is 1. The summed E-state index contributed by atoms with van der Waals surface area (Å²) in [7, 11) is 1.47. The summed E-state index contributed by atoms with van der Waals surface area (Å²) in [4.78, 5) is 33.6. The highest BCUT2D eigenvalue weighted by molar-refractivity contribution is 6.04. The Kier molecular flexibility index (Phi) is 5.35. The lowest BCUT2D eigenvalue weighted by Crippen LogP contribution is -2.49. The van der Waals surface area contributed by atoms with Crippen LogP contribution in [0.2, 0.25) is 0 Å². The summed E-state index contributed by atoms with van der Waals surface area (Å²) in [6.45, 7) is 4.13. The van der Waals surface area contributed by atoms with Crippen LogP contribution in [0.5, 0.6) is 5.75 Å². The zero-order valence-corrected chi connectivity index (χ0v) is 16.8. The zero-order chi connectivity index (χ0) is 21.3. The number of aryl methyl sites for hydroxylation is 1. The summed E-state index contributed by atoms with van der Waals surface area (Å²) in [6, 6.07) is 8.33. The maximum atomic E-state index is 13.4. The molecule has 4 rings (SSSR count). The molecule has 9 heteroatoms. The van der Waals surface area contributed by atoms with Crippen LogP contribution in [-0.4, -0.2) is 58.9 Å². The minimum absolute atomic E-state index is 0.205. The Balaban J connectivity index is 1.59. The molecule has 0 atom stereocenters. The molecule has 8 nitrogen and oxygen atoms in total. The van der Waals surface area contributed by atoms with Crippen LogP contribution < -0.4 is 15.2 Å². The van der Waals surface area contributed by atoms with Gasteiger partial charge in [0.15, 0.2) is 17.3 Å². The molecule has 1 fully saturated rings. The molecule has 1 amide bonds. The Labute approximate surface area is 172 Å². The molecule has 3 aromatic rings. The monoisotopic (exact) mass is 411 g/mol. The SMILES string of the molecule is CCn1nc(C(=O)N2CCN(c3ncc(F)cc3OC)CC2)c2ccccc2c1=O. The molecule has 0 unspecified atom stereocenters. The third kappa shape index (κ3) is 3.47. The number of carbonyl (C=O) groups excluding carboxylic acids is 1. The fraction of sp³-hybridized carbons (Fsp3) is 0.333. The van der Waals surface area contributed by atoms with Crippen LogP contribution in [-0.2, 0) is 6.54 Å². The number of piperazine rings is 1. The minimum atomic E-state index is -0.464. The van der Waals surface area contributed by atoms with Crippen LogP contribution in [0.15, 0.2) is 41.3 Å². The standard InChI is InChI=1S/C21H22FN5O3/c1-3-27-20(28)16-7-5-4-6-15(16)18(24-27)21(29)26-10-8-25(9-11-26)19-17(30-2)12-14(22)13-23-19/h4-7,12-13H,3,8-11H2,1-2H3. The van der Waals surface area contributed by atoms with Crippen molar-refractivity contribution in [1.82, 2.24) is 19.7 Å². The molecule has 0 aliphatic carbocycles. The van der Waals surface area contributed by atoms with Gasteiger partial charge in [0.05, 0.1) is 18.7 Å². The number of pyridine rings is 1. The molecule has 0 bridgehead atoms. The maximum Gasteiger partial charge on any atom is 0.275 e. The largest absolute Gasteiger partial charge is 0.493 e. The number of aromatic nitrogens is 3. The second-order valence-electron chi connectivity index (χ2n) is 6.97. The highest BCUT2D eigenvalue weighted by Crippen LogP contribution is 2.27. The number of amides is 1. The van der Waals surface area contributed by atoms with Crippen molar-refractivity contribution < 1.29 is 13.9 Å². The van der Waals surface area contributed by atoms with Gasteiger partial charge in [-0.3, -0.25) is 9.59 Å². The fourth-order valence-corrected chi connectivity index (χ4v) is 3.68. The molecule has 156 valence electrons. The zero-order valence-electron chi connectivity index (χ0n) is 16.8. The number of benzene rings is 1. The average Bonchev–Trinajstić information content (AvgIpc) is 2.79. The van der Waals surface area contributed by atoms with E-state index in [4.69, 9.17) is 4.74 Å². The van der Waals surface area contributed by atoms with Crippen molar-refractivity contribution in [3.8, 4) is 5.75 Å². The summed E-state index contributed by atoms with van der Waals surface area (Å²) in [5.41, 5.74) is 0.0712. The Bertz CT molecular complexity index is 1160. The highest BCUT2D eigenvalue weighted by Gasteiger charge is 2.27. The van der Waals surface area contributed by atoms with Crippen LogP contribution >= 0.6 is 0 Å². The van der Waals surface area contributed by atoms with Gasteiger partial charge in [0, 0.05) is 44.2 Å². The molecule has 1 saturated heterocycles. The number of carbonyl (C=O) groups is 1. The van der Waals surface area contributed by atoms with E-state index in [-0.39, 0.29) is 17.2 Å². The number of ether oxygens (including phenoxy) is 1. The maximum absolute atomic E-state index is 13.4. The van der Waals surface area contributed by atoms with E-state index < -0.39 is 5.82 Å². The summed E-state index contributed by atoms with van der Waals surface area (Å²) >= 11 is 0. The molecule has 30 heavy (non-hydrogen) atoms. The predicted octanol–water partition coefficient (Wildman–Crippen LogP) is 1.92. The highest BCUT2D eigenvalue weighted by atomic mass is 19.1. The number of methoxy groups -OCH3 is 1. The predicted molar refractivity (Wildman–Crippen MR) is 111 cm³/mol. The van der Waals surface area contributed by atoms with Gasteiger partial charge in [-0.2, -0.15) is 5.10 Å². The molecule has 1 aliphatic rings. The van der Waals surface area contributed by atoms with Gasteiger partial charge in [0.2, 0.25) is 0 Å². The third-order valence-electron chi connectivity index (χ3n) is 5.26. The van der Waals surface area contributed by atoms with Gasteiger partial charge in [0.25, 0.3) is 11.5 Å². The number of anilines is 1. The van der Waals surface area contributed by atoms with Crippen molar-refractivity contribution in [3.63, 3.8) is 0 Å². The Morgan fingerprint density at radius 3 is 2.53 bits per heavy atom. The fourth-order valence-electron chi connectivity index (χ4n) is 3.68.